The molecule has 1 aromatic carbocycles. The van der Waals surface area contributed by atoms with Gasteiger partial charge in [0, 0.05) is 11.8 Å². The second-order valence-corrected chi connectivity index (χ2v) is 8.07. The molecule has 0 aromatic heterocycles. The number of hydrogen-bond acceptors (Lipinski definition) is 0. The predicted octanol–water partition coefficient (Wildman–Crippen LogP) is 6.16. The first kappa shape index (κ1) is 14.5. The lowest BCUT2D eigenvalue weighted by molar-refractivity contribution is 0.482. The topological polar surface area (TPSA) is 0 Å². The largest absolute Gasteiger partial charge is 0.0839 e. The summed E-state index contributed by atoms with van der Waals surface area (Å²) >= 11 is 0. The molecule has 0 saturated heterocycles. The minimum Gasteiger partial charge on any atom is -0.0839 e. The molecular weight excluding hydrogens is 288 g/mol. The van der Waals surface area contributed by atoms with Crippen molar-refractivity contribution < 1.29 is 0 Å². The van der Waals surface area contributed by atoms with Gasteiger partial charge in [0.1, 0.15) is 0 Å². The van der Waals surface area contributed by atoms with Crippen molar-refractivity contribution in [2.75, 3.05) is 0 Å². The van der Waals surface area contributed by atoms with Crippen LogP contribution in [0.15, 0.2) is 72.9 Å². The molecule has 0 heterocycles. The zero-order chi connectivity index (χ0) is 15.9. The van der Waals surface area contributed by atoms with Gasteiger partial charge >= 0.3 is 0 Å². The molecule has 0 nitrogen and oxygen atoms in total. The van der Waals surface area contributed by atoms with Crippen LogP contribution in [0.25, 0.3) is 0 Å². The second-order valence-electron chi connectivity index (χ2n) is 8.07. The van der Waals surface area contributed by atoms with Gasteiger partial charge in [-0.05, 0) is 60.5 Å². The van der Waals surface area contributed by atoms with Crippen molar-refractivity contribution in [3.8, 4) is 0 Å². The van der Waals surface area contributed by atoms with E-state index >= 15 is 0 Å². The third kappa shape index (κ3) is 2.53. The first-order chi connectivity index (χ1) is 11.9. The quantitative estimate of drug-likeness (QED) is 0.574. The van der Waals surface area contributed by atoms with Crippen molar-refractivity contribution in [2.45, 2.75) is 37.5 Å². The van der Waals surface area contributed by atoms with Gasteiger partial charge < -0.3 is 0 Å². The van der Waals surface area contributed by atoms with E-state index in [1.54, 1.807) is 0 Å². The lowest BCUT2D eigenvalue weighted by atomic mass is 9.79. The zero-order valence-corrected chi connectivity index (χ0v) is 14.2. The van der Waals surface area contributed by atoms with Crippen LogP contribution in [0.3, 0.4) is 0 Å². The number of rotatable bonds is 2. The summed E-state index contributed by atoms with van der Waals surface area (Å²) in [5, 5.41) is 0. The van der Waals surface area contributed by atoms with Crippen molar-refractivity contribution in [1.29, 1.82) is 0 Å². The zero-order valence-electron chi connectivity index (χ0n) is 14.2. The third-order valence-corrected chi connectivity index (χ3v) is 6.64. The predicted molar refractivity (Wildman–Crippen MR) is 101 cm³/mol. The van der Waals surface area contributed by atoms with Gasteiger partial charge in [-0.2, -0.15) is 0 Å². The molecule has 6 atom stereocenters. The Hall–Kier alpha value is -1.82. The fourth-order valence-electron chi connectivity index (χ4n) is 5.11. The van der Waals surface area contributed by atoms with Crippen LogP contribution >= 0.6 is 0 Å². The highest BCUT2D eigenvalue weighted by atomic mass is 14.3. The maximum Gasteiger partial charge on any atom is 0.00810 e. The fraction of sp³-hybridized carbons (Fsp3) is 0.417. The second kappa shape index (κ2) is 5.92. The first-order valence-electron chi connectivity index (χ1n) is 9.70. The van der Waals surface area contributed by atoms with Crippen molar-refractivity contribution in [3.05, 3.63) is 84.0 Å². The van der Waals surface area contributed by atoms with Crippen LogP contribution in [0.1, 0.15) is 48.6 Å². The third-order valence-electron chi connectivity index (χ3n) is 6.64. The number of benzene rings is 1. The van der Waals surface area contributed by atoms with Crippen LogP contribution in [-0.2, 0) is 0 Å². The maximum absolute atomic E-state index is 2.47. The number of allylic oxidation sites excluding steroid dienone is 8. The number of fused-ring (bicyclic) bond motifs is 4. The molecule has 0 spiro atoms. The Kier molecular flexibility index (Phi) is 3.58. The average Bonchev–Trinajstić information content (AvgIpc) is 3.14. The van der Waals surface area contributed by atoms with Gasteiger partial charge in [0.15, 0.2) is 0 Å². The van der Waals surface area contributed by atoms with Gasteiger partial charge in [-0.25, -0.2) is 0 Å². The molecule has 6 aliphatic rings. The van der Waals surface area contributed by atoms with Crippen LogP contribution in [0.5, 0.6) is 0 Å². The minimum atomic E-state index is 0.572. The van der Waals surface area contributed by atoms with Crippen molar-refractivity contribution in [1.82, 2.24) is 0 Å². The summed E-state index contributed by atoms with van der Waals surface area (Å²) in [7, 11) is 0. The van der Waals surface area contributed by atoms with E-state index in [0.717, 1.165) is 0 Å². The Morgan fingerprint density at radius 1 is 0.458 bits per heavy atom. The molecule has 0 radical (unpaired) electrons. The molecule has 0 N–H and O–H groups in total. The van der Waals surface area contributed by atoms with E-state index in [1.807, 2.05) is 0 Å². The van der Waals surface area contributed by atoms with Gasteiger partial charge in [-0.3, -0.25) is 0 Å². The molecular formula is C24H26. The van der Waals surface area contributed by atoms with E-state index in [1.165, 1.54) is 36.8 Å². The van der Waals surface area contributed by atoms with Crippen LogP contribution in [0, 0.1) is 23.7 Å². The highest BCUT2D eigenvalue weighted by Gasteiger charge is 2.28. The van der Waals surface area contributed by atoms with E-state index in [9.17, 15) is 0 Å². The van der Waals surface area contributed by atoms with Crippen molar-refractivity contribution in [3.63, 3.8) is 0 Å². The van der Waals surface area contributed by atoms with E-state index in [0.29, 0.717) is 35.5 Å². The van der Waals surface area contributed by atoms with Crippen LogP contribution in [-0.4, -0.2) is 0 Å². The molecule has 0 aliphatic heterocycles. The van der Waals surface area contributed by atoms with Crippen LogP contribution in [0.2, 0.25) is 0 Å². The van der Waals surface area contributed by atoms with Gasteiger partial charge in [-0.1, -0.05) is 72.9 Å². The van der Waals surface area contributed by atoms with Crippen LogP contribution < -0.4 is 0 Å². The molecule has 0 amide bonds. The minimum absolute atomic E-state index is 0.572. The molecule has 1 aromatic rings. The Morgan fingerprint density at radius 2 is 0.875 bits per heavy atom. The van der Waals surface area contributed by atoms with Crippen LogP contribution in [0.4, 0.5) is 0 Å². The molecule has 6 aliphatic carbocycles. The van der Waals surface area contributed by atoms with E-state index < -0.39 is 0 Å². The molecule has 0 heteroatoms. The van der Waals surface area contributed by atoms with Gasteiger partial charge in [0.2, 0.25) is 0 Å². The highest BCUT2D eigenvalue weighted by molar-refractivity contribution is 5.36. The Bertz CT molecular complexity index is 652. The lowest BCUT2D eigenvalue weighted by Gasteiger charge is -2.25. The fourth-order valence-corrected chi connectivity index (χ4v) is 5.11. The SMILES string of the molecule is C1=C[C@@H]2CC[C@H]1C=C[C@@H]2c1ccc([C@@H]2C=C[C@@H]3C=C[C@H]2CC3)cc1. The van der Waals surface area contributed by atoms with E-state index in [4.69, 9.17) is 0 Å². The van der Waals surface area contributed by atoms with Gasteiger partial charge in [0.25, 0.3) is 0 Å². The van der Waals surface area contributed by atoms with Crippen molar-refractivity contribution >= 4 is 0 Å². The number of hydrogen-bond donors (Lipinski definition) is 0. The maximum atomic E-state index is 2.47. The van der Waals surface area contributed by atoms with Crippen molar-refractivity contribution in [2.24, 2.45) is 23.7 Å². The monoisotopic (exact) mass is 314 g/mol. The summed E-state index contributed by atoms with van der Waals surface area (Å²) in [5.41, 5.74) is 2.98. The molecule has 24 heavy (non-hydrogen) atoms. The molecule has 7 rings (SSSR count). The molecule has 4 bridgehead atoms. The Balaban J connectivity index is 1.42. The summed E-state index contributed by atoms with van der Waals surface area (Å²) < 4.78 is 0. The summed E-state index contributed by atoms with van der Waals surface area (Å²) in [6.45, 7) is 0. The molecule has 0 fully saturated rings. The summed E-state index contributed by atoms with van der Waals surface area (Å²) in [4.78, 5) is 0. The standard InChI is InChI=1S/C24H26/c1-7-19-8-2-17(1)5-15-23(19)21-11-13-22(14-12-21)24-16-6-18-3-9-20(24)10-4-18/h1,3,5-7,9,11-20,23-24H,2,4,8,10H2/t17-,18+,19+,20-,23-,24+. The summed E-state index contributed by atoms with van der Waals surface area (Å²) in [5.74, 6) is 3.91. The van der Waals surface area contributed by atoms with E-state index in [2.05, 4.69) is 72.9 Å². The smallest absolute Gasteiger partial charge is 0.00810 e. The van der Waals surface area contributed by atoms with E-state index in [-0.39, 0.29) is 0 Å². The molecule has 0 saturated carbocycles. The van der Waals surface area contributed by atoms with Gasteiger partial charge in [-0.15, -0.1) is 0 Å². The first-order valence-corrected chi connectivity index (χ1v) is 9.70. The summed E-state index contributed by atoms with van der Waals surface area (Å²) in [6, 6.07) is 9.58. The summed E-state index contributed by atoms with van der Waals surface area (Å²) in [6.07, 6.45) is 24.9. The average molecular weight is 314 g/mol. The normalized spacial score (nSPS) is 39.2. The Labute approximate surface area is 145 Å². The molecule has 0 unspecified atom stereocenters. The lowest BCUT2D eigenvalue weighted by Crippen LogP contribution is -2.12. The Morgan fingerprint density at radius 3 is 1.25 bits per heavy atom. The highest BCUT2D eigenvalue weighted by Crippen LogP contribution is 2.41. The molecule has 122 valence electrons. The van der Waals surface area contributed by atoms with Gasteiger partial charge in [0.05, 0.1) is 0 Å².